The Morgan fingerprint density at radius 3 is 2.02 bits per heavy atom. The molecule has 41 heavy (non-hydrogen) atoms. The van der Waals surface area contributed by atoms with E-state index in [9.17, 15) is 9.59 Å². The van der Waals surface area contributed by atoms with Gasteiger partial charge in [-0.25, -0.2) is 9.59 Å². The number of ether oxygens (including phenoxy) is 3. The van der Waals surface area contributed by atoms with E-state index >= 15 is 0 Å². The first-order chi connectivity index (χ1) is 18.8. The van der Waals surface area contributed by atoms with Crippen LogP contribution < -0.4 is 0 Å². The number of carbonyl (C=O) groups excluding carboxylic acids is 2. The van der Waals surface area contributed by atoms with Gasteiger partial charge in [0.2, 0.25) is 0 Å². The van der Waals surface area contributed by atoms with E-state index in [0.29, 0.717) is 0 Å². The van der Waals surface area contributed by atoms with Crippen molar-refractivity contribution in [2.45, 2.75) is 122 Å². The third kappa shape index (κ3) is 12.6. The molecule has 1 rings (SSSR count). The van der Waals surface area contributed by atoms with E-state index in [1.165, 1.54) is 20.3 Å². The molecular weight excluding hydrogens is 553 g/mol. The maximum absolute atomic E-state index is 12.1. The van der Waals surface area contributed by atoms with Gasteiger partial charge in [-0.3, -0.25) is 0 Å². The Bertz CT molecular complexity index is 910. The quantitative estimate of drug-likeness (QED) is 0.0640. The molecular formula is C32H58O7Si2. The normalized spacial score (nSPS) is 21.6. The Morgan fingerprint density at radius 1 is 0.854 bits per heavy atom. The second kappa shape index (κ2) is 16.2. The molecule has 0 N–H and O–H groups in total. The van der Waals surface area contributed by atoms with Gasteiger partial charge in [0, 0.05) is 12.2 Å². The number of carbonyl (C=O) groups is 2. The van der Waals surface area contributed by atoms with Crippen molar-refractivity contribution in [3.8, 4) is 0 Å². The topological polar surface area (TPSA) is 80.3 Å². The number of rotatable bonds is 14. The molecule has 1 aliphatic carbocycles. The number of methoxy groups -OCH3 is 2. The summed E-state index contributed by atoms with van der Waals surface area (Å²) < 4.78 is 28.1. The molecule has 0 amide bonds. The Labute approximate surface area is 252 Å². The van der Waals surface area contributed by atoms with Crippen LogP contribution in [0.25, 0.3) is 0 Å². The predicted octanol–water partition coefficient (Wildman–Crippen LogP) is 8.59. The van der Waals surface area contributed by atoms with Crippen molar-refractivity contribution in [3.63, 3.8) is 0 Å². The van der Waals surface area contributed by atoms with Crippen LogP contribution in [0.4, 0.5) is 4.79 Å². The second-order valence-corrected chi connectivity index (χ2v) is 23.6. The summed E-state index contributed by atoms with van der Waals surface area (Å²) in [6, 6.07) is 0. The first kappa shape index (κ1) is 37.3. The van der Waals surface area contributed by atoms with E-state index in [-0.39, 0.29) is 46.7 Å². The molecule has 1 aliphatic rings. The van der Waals surface area contributed by atoms with Gasteiger partial charge in [0.25, 0.3) is 0 Å². The van der Waals surface area contributed by atoms with Crippen molar-refractivity contribution in [1.82, 2.24) is 0 Å². The number of hydrogen-bond donors (Lipinski definition) is 0. The van der Waals surface area contributed by atoms with E-state index in [1.54, 1.807) is 0 Å². The Morgan fingerprint density at radius 2 is 1.46 bits per heavy atom. The zero-order valence-electron chi connectivity index (χ0n) is 27.9. The smallest absolute Gasteiger partial charge is 0.466 e. The lowest BCUT2D eigenvalue weighted by atomic mass is 9.89. The SMILES string of the molecule is COC(=O)/C=C/[C@@H](O[Si](C)(C)C(C)(C)C)[C@@H]1C[C@@H](O[Si](C)(C)C(C)(C)C)C[C@H]1/C=C/CCC/C=C/COC(=O)OC. The van der Waals surface area contributed by atoms with Gasteiger partial charge < -0.3 is 23.1 Å². The molecule has 1 fully saturated rings. The summed E-state index contributed by atoms with van der Waals surface area (Å²) in [6.45, 7) is 22.9. The second-order valence-electron chi connectivity index (χ2n) is 14.1. The molecule has 0 unspecified atom stereocenters. The monoisotopic (exact) mass is 610 g/mol. The van der Waals surface area contributed by atoms with Gasteiger partial charge in [0.1, 0.15) is 6.61 Å². The van der Waals surface area contributed by atoms with Crippen LogP contribution >= 0.6 is 0 Å². The zero-order valence-corrected chi connectivity index (χ0v) is 29.9. The molecule has 0 bridgehead atoms. The maximum atomic E-state index is 12.1. The van der Waals surface area contributed by atoms with Crippen molar-refractivity contribution in [3.05, 3.63) is 36.5 Å². The van der Waals surface area contributed by atoms with E-state index in [1.807, 2.05) is 18.2 Å². The highest BCUT2D eigenvalue weighted by atomic mass is 28.4. The molecule has 7 nitrogen and oxygen atoms in total. The fraction of sp³-hybridized carbons (Fsp3) is 0.750. The first-order valence-electron chi connectivity index (χ1n) is 15.0. The minimum atomic E-state index is -2.12. The highest BCUT2D eigenvalue weighted by molar-refractivity contribution is 6.74. The highest BCUT2D eigenvalue weighted by Crippen LogP contribution is 2.46. The van der Waals surface area contributed by atoms with Crippen LogP contribution in [-0.2, 0) is 27.9 Å². The van der Waals surface area contributed by atoms with Gasteiger partial charge in [-0.1, -0.05) is 65.8 Å². The standard InChI is InChI=1S/C32H58O7Si2/c1-31(2,3)40(9,10)38-26-23-25(19-17-15-13-14-16-18-22-37-30(34)36-8)27(24-26)28(20-21-29(33)35-7)39-41(11,12)32(4,5)6/h16-21,25-28H,13-15,22-24H2,1-12H3/b18-16+,19-17+,21-20+/t25-,26+,27-,28-/m1/s1. The lowest BCUT2D eigenvalue weighted by Gasteiger charge is -2.41. The fourth-order valence-corrected chi connectivity index (χ4v) is 7.02. The summed E-state index contributed by atoms with van der Waals surface area (Å²) in [5.74, 6) is 0.121. The van der Waals surface area contributed by atoms with E-state index in [2.05, 4.69) is 84.6 Å². The summed E-state index contributed by atoms with van der Waals surface area (Å²) in [5.41, 5.74) is 0. The molecule has 0 heterocycles. The van der Waals surface area contributed by atoms with Gasteiger partial charge in [-0.05, 0) is 86.3 Å². The van der Waals surface area contributed by atoms with Crippen LogP contribution in [0.2, 0.25) is 36.3 Å². The largest absolute Gasteiger partial charge is 0.508 e. The van der Waals surface area contributed by atoms with E-state index in [4.69, 9.17) is 18.3 Å². The first-order valence-corrected chi connectivity index (χ1v) is 20.8. The molecule has 1 saturated carbocycles. The number of hydrogen-bond acceptors (Lipinski definition) is 7. The summed E-state index contributed by atoms with van der Waals surface area (Å²) in [4.78, 5) is 23.1. The fourth-order valence-electron chi connectivity index (χ4n) is 4.36. The van der Waals surface area contributed by atoms with Crippen LogP contribution in [0, 0.1) is 11.8 Å². The molecule has 0 aromatic rings. The zero-order chi connectivity index (χ0) is 31.5. The molecule has 0 radical (unpaired) electrons. The average Bonchev–Trinajstić information content (AvgIpc) is 3.25. The summed E-state index contributed by atoms with van der Waals surface area (Å²) >= 11 is 0. The van der Waals surface area contributed by atoms with Crippen LogP contribution in [0.15, 0.2) is 36.5 Å². The van der Waals surface area contributed by atoms with Crippen molar-refractivity contribution < 1.29 is 32.7 Å². The van der Waals surface area contributed by atoms with Crippen molar-refractivity contribution >= 4 is 28.8 Å². The maximum Gasteiger partial charge on any atom is 0.508 e. The van der Waals surface area contributed by atoms with Crippen LogP contribution in [0.5, 0.6) is 0 Å². The molecule has 0 aliphatic heterocycles. The molecule has 0 saturated heterocycles. The molecule has 4 atom stereocenters. The van der Waals surface area contributed by atoms with E-state index < -0.39 is 22.8 Å². The third-order valence-electron chi connectivity index (χ3n) is 8.93. The lowest BCUT2D eigenvalue weighted by Crippen LogP contribution is -2.46. The summed E-state index contributed by atoms with van der Waals surface area (Å²) in [7, 11) is -1.37. The molecule has 236 valence electrons. The van der Waals surface area contributed by atoms with Crippen molar-refractivity contribution in [2.75, 3.05) is 20.8 Å². The van der Waals surface area contributed by atoms with Crippen LogP contribution in [0.3, 0.4) is 0 Å². The molecule has 0 spiro atoms. The molecule has 0 aromatic carbocycles. The van der Waals surface area contributed by atoms with E-state index in [0.717, 1.165) is 32.1 Å². The van der Waals surface area contributed by atoms with Crippen LogP contribution in [-0.4, -0.2) is 61.8 Å². The highest BCUT2D eigenvalue weighted by Gasteiger charge is 2.46. The average molecular weight is 611 g/mol. The van der Waals surface area contributed by atoms with Crippen molar-refractivity contribution in [2.24, 2.45) is 11.8 Å². The number of esters is 1. The minimum absolute atomic E-state index is 0.0424. The number of unbranched alkanes of at least 4 members (excludes halogenated alkanes) is 2. The predicted molar refractivity (Wildman–Crippen MR) is 172 cm³/mol. The molecule has 0 aromatic heterocycles. The molecule has 9 heteroatoms. The Balaban J connectivity index is 3.12. The van der Waals surface area contributed by atoms with Gasteiger partial charge in [-0.15, -0.1) is 0 Å². The summed E-state index contributed by atoms with van der Waals surface area (Å²) in [5, 5.41) is 0.175. The van der Waals surface area contributed by atoms with Crippen LogP contribution in [0.1, 0.15) is 73.6 Å². The third-order valence-corrected chi connectivity index (χ3v) is 17.9. The van der Waals surface area contributed by atoms with Gasteiger partial charge in [0.05, 0.1) is 20.3 Å². The Hall–Kier alpha value is -1.69. The lowest BCUT2D eigenvalue weighted by molar-refractivity contribution is -0.134. The van der Waals surface area contributed by atoms with Gasteiger partial charge in [-0.2, -0.15) is 0 Å². The Kier molecular flexibility index (Phi) is 14.8. The summed E-state index contributed by atoms with van der Waals surface area (Å²) in [6.07, 6.45) is 15.9. The van der Waals surface area contributed by atoms with Gasteiger partial charge in [0.15, 0.2) is 16.6 Å². The number of allylic oxidation sites excluding steroid dienone is 3. The van der Waals surface area contributed by atoms with Crippen molar-refractivity contribution in [1.29, 1.82) is 0 Å². The minimum Gasteiger partial charge on any atom is -0.466 e. The van der Waals surface area contributed by atoms with Gasteiger partial charge >= 0.3 is 12.1 Å².